The van der Waals surface area contributed by atoms with Crippen molar-refractivity contribution in [3.63, 3.8) is 0 Å². The van der Waals surface area contributed by atoms with Crippen molar-refractivity contribution >= 4 is 11.3 Å². The summed E-state index contributed by atoms with van der Waals surface area (Å²) >= 11 is 1.83. The third-order valence-corrected chi connectivity index (χ3v) is 3.14. The van der Waals surface area contributed by atoms with Crippen molar-refractivity contribution in [2.24, 2.45) is 11.7 Å². The lowest BCUT2D eigenvalue weighted by atomic mass is 9.98. The number of hydrogen-bond acceptors (Lipinski definition) is 2. The largest absolute Gasteiger partial charge is 0.324 e. The Morgan fingerprint density at radius 2 is 1.92 bits per heavy atom. The lowest BCUT2D eigenvalue weighted by Crippen LogP contribution is -2.16. The predicted octanol–water partition coefficient (Wildman–Crippen LogP) is 3.02. The Bertz CT molecular complexity index is 263. The molecule has 1 rings (SSSR count). The minimum Gasteiger partial charge on any atom is -0.324 e. The van der Waals surface area contributed by atoms with Crippen LogP contribution in [0.4, 0.5) is 0 Å². The van der Waals surface area contributed by atoms with Gasteiger partial charge in [-0.05, 0) is 31.4 Å². The van der Waals surface area contributed by atoms with Crippen LogP contribution in [0.3, 0.4) is 0 Å². The fourth-order valence-electron chi connectivity index (χ4n) is 1.34. The van der Waals surface area contributed by atoms with Crippen LogP contribution < -0.4 is 5.73 Å². The van der Waals surface area contributed by atoms with Crippen molar-refractivity contribution < 1.29 is 0 Å². The van der Waals surface area contributed by atoms with E-state index >= 15 is 0 Å². The van der Waals surface area contributed by atoms with E-state index in [0.717, 1.165) is 0 Å². The summed E-state index contributed by atoms with van der Waals surface area (Å²) in [6, 6.07) is 2.42. The second-order valence-electron chi connectivity index (χ2n) is 3.64. The molecule has 1 nitrogen and oxygen atoms in total. The lowest BCUT2D eigenvalue weighted by molar-refractivity contribution is 0.513. The zero-order valence-electron chi connectivity index (χ0n) is 8.22. The topological polar surface area (TPSA) is 26.0 Å². The van der Waals surface area contributed by atoms with E-state index in [9.17, 15) is 0 Å². The molecule has 68 valence electrons. The van der Waals surface area contributed by atoms with Gasteiger partial charge in [-0.25, -0.2) is 0 Å². The Hall–Kier alpha value is -0.340. The van der Waals surface area contributed by atoms with E-state index in [-0.39, 0.29) is 6.04 Å². The van der Waals surface area contributed by atoms with Crippen LogP contribution in [-0.2, 0) is 0 Å². The summed E-state index contributed by atoms with van der Waals surface area (Å²) < 4.78 is 0. The average Bonchev–Trinajstić information content (AvgIpc) is 2.28. The molecular formula is C10H17NS. The van der Waals surface area contributed by atoms with Gasteiger partial charge in [-0.3, -0.25) is 0 Å². The summed E-state index contributed by atoms with van der Waals surface area (Å²) in [6.45, 7) is 8.61. The second kappa shape index (κ2) is 3.58. The van der Waals surface area contributed by atoms with Crippen LogP contribution in [0.25, 0.3) is 0 Å². The van der Waals surface area contributed by atoms with Gasteiger partial charge >= 0.3 is 0 Å². The highest BCUT2D eigenvalue weighted by Crippen LogP contribution is 2.28. The monoisotopic (exact) mass is 183 g/mol. The first-order valence-corrected chi connectivity index (χ1v) is 5.16. The zero-order chi connectivity index (χ0) is 9.30. The van der Waals surface area contributed by atoms with E-state index in [0.29, 0.717) is 5.92 Å². The second-order valence-corrected chi connectivity index (χ2v) is 5.10. The van der Waals surface area contributed by atoms with Crippen LogP contribution >= 0.6 is 11.3 Å². The molecule has 12 heavy (non-hydrogen) atoms. The normalized spacial score (nSPS) is 13.8. The Labute approximate surface area is 78.6 Å². The van der Waals surface area contributed by atoms with E-state index in [1.165, 1.54) is 15.3 Å². The number of nitrogens with two attached hydrogens (primary N) is 1. The molecule has 0 amide bonds. The van der Waals surface area contributed by atoms with Gasteiger partial charge in [0.05, 0.1) is 0 Å². The van der Waals surface area contributed by atoms with Crippen molar-refractivity contribution in [2.75, 3.05) is 0 Å². The van der Waals surface area contributed by atoms with Gasteiger partial charge < -0.3 is 5.73 Å². The van der Waals surface area contributed by atoms with Crippen LogP contribution in [0.5, 0.6) is 0 Å². The predicted molar refractivity (Wildman–Crippen MR) is 55.6 cm³/mol. The maximum absolute atomic E-state index is 6.06. The highest BCUT2D eigenvalue weighted by molar-refractivity contribution is 7.12. The molecule has 0 bridgehead atoms. The first kappa shape index (κ1) is 9.75. The Kier molecular flexibility index (Phi) is 2.91. The van der Waals surface area contributed by atoms with E-state index in [1.807, 2.05) is 11.3 Å². The fraction of sp³-hybridized carbons (Fsp3) is 0.600. The summed E-state index contributed by atoms with van der Waals surface area (Å²) in [7, 11) is 0. The van der Waals surface area contributed by atoms with E-state index in [4.69, 9.17) is 5.73 Å². The maximum Gasteiger partial charge on any atom is 0.0329 e. The third-order valence-electron chi connectivity index (χ3n) is 2.16. The molecule has 0 radical (unpaired) electrons. The summed E-state index contributed by atoms with van der Waals surface area (Å²) in [5.74, 6) is 0.526. The molecule has 0 saturated heterocycles. The van der Waals surface area contributed by atoms with Gasteiger partial charge in [-0.15, -0.1) is 11.3 Å². The Balaban J connectivity index is 2.94. The molecule has 0 unspecified atom stereocenters. The number of rotatable bonds is 2. The summed E-state index contributed by atoms with van der Waals surface area (Å²) in [6.07, 6.45) is 0. The molecular weight excluding hydrogens is 166 g/mol. The highest BCUT2D eigenvalue weighted by atomic mass is 32.1. The van der Waals surface area contributed by atoms with Crippen molar-refractivity contribution in [3.05, 3.63) is 21.4 Å². The van der Waals surface area contributed by atoms with Crippen LogP contribution in [0.2, 0.25) is 0 Å². The van der Waals surface area contributed by atoms with Gasteiger partial charge in [0, 0.05) is 15.8 Å². The molecule has 0 saturated carbocycles. The van der Waals surface area contributed by atoms with Gasteiger partial charge in [0.15, 0.2) is 0 Å². The van der Waals surface area contributed by atoms with Gasteiger partial charge in [-0.1, -0.05) is 13.8 Å². The molecule has 0 spiro atoms. The number of thiophene rings is 1. The first-order valence-electron chi connectivity index (χ1n) is 4.35. The summed E-state index contributed by atoms with van der Waals surface area (Å²) in [4.78, 5) is 2.73. The van der Waals surface area contributed by atoms with Gasteiger partial charge in [0.2, 0.25) is 0 Å². The average molecular weight is 183 g/mol. The van der Waals surface area contributed by atoms with Gasteiger partial charge in [0.1, 0.15) is 0 Å². The molecule has 0 fully saturated rings. The smallest absolute Gasteiger partial charge is 0.0329 e. The first-order chi connectivity index (χ1) is 5.52. The standard InChI is InChI=1S/C10H17NS/c1-6(2)10(11)9-5-7(3)12-8(9)4/h5-6,10H,11H2,1-4H3/t10-/m0/s1. The summed E-state index contributed by atoms with van der Waals surface area (Å²) in [5, 5.41) is 0. The quantitative estimate of drug-likeness (QED) is 0.749. The molecule has 0 aromatic carbocycles. The molecule has 0 aliphatic rings. The third kappa shape index (κ3) is 1.87. The van der Waals surface area contributed by atoms with Crippen LogP contribution in [0, 0.1) is 19.8 Å². The zero-order valence-corrected chi connectivity index (χ0v) is 9.03. The molecule has 2 N–H and O–H groups in total. The summed E-state index contributed by atoms with van der Waals surface area (Å²) in [5.41, 5.74) is 7.39. The van der Waals surface area contributed by atoms with Crippen molar-refractivity contribution in [2.45, 2.75) is 33.7 Å². The molecule has 2 heteroatoms. The molecule has 1 heterocycles. The van der Waals surface area contributed by atoms with Crippen molar-refractivity contribution in [1.82, 2.24) is 0 Å². The number of aryl methyl sites for hydroxylation is 2. The van der Waals surface area contributed by atoms with Crippen LogP contribution in [0.1, 0.15) is 35.2 Å². The molecule has 1 aromatic rings. The minimum absolute atomic E-state index is 0.204. The fourth-order valence-corrected chi connectivity index (χ4v) is 2.32. The molecule has 1 atom stereocenters. The SMILES string of the molecule is Cc1cc([C@@H](N)C(C)C)c(C)s1. The van der Waals surface area contributed by atoms with E-state index in [2.05, 4.69) is 33.8 Å². The Morgan fingerprint density at radius 1 is 1.33 bits per heavy atom. The Morgan fingerprint density at radius 3 is 2.25 bits per heavy atom. The van der Waals surface area contributed by atoms with E-state index < -0.39 is 0 Å². The molecule has 1 aromatic heterocycles. The van der Waals surface area contributed by atoms with Crippen LogP contribution in [-0.4, -0.2) is 0 Å². The molecule has 0 aliphatic carbocycles. The minimum atomic E-state index is 0.204. The van der Waals surface area contributed by atoms with Crippen molar-refractivity contribution in [1.29, 1.82) is 0 Å². The van der Waals surface area contributed by atoms with Gasteiger partial charge in [-0.2, -0.15) is 0 Å². The maximum atomic E-state index is 6.06. The lowest BCUT2D eigenvalue weighted by Gasteiger charge is -2.14. The number of hydrogen-bond donors (Lipinski definition) is 1. The van der Waals surface area contributed by atoms with Crippen LogP contribution in [0.15, 0.2) is 6.07 Å². The molecule has 0 aliphatic heterocycles. The highest BCUT2D eigenvalue weighted by Gasteiger charge is 2.14. The van der Waals surface area contributed by atoms with Gasteiger partial charge in [0.25, 0.3) is 0 Å². The van der Waals surface area contributed by atoms with Crippen molar-refractivity contribution in [3.8, 4) is 0 Å². The van der Waals surface area contributed by atoms with E-state index in [1.54, 1.807) is 0 Å².